The second-order valence-electron chi connectivity index (χ2n) is 8.49. The number of carbonyl (C=O) groups is 1. The average Bonchev–Trinajstić information content (AvgIpc) is 3.32. The Morgan fingerprint density at radius 2 is 1.97 bits per heavy atom. The maximum Gasteiger partial charge on any atom is 0.254 e. The van der Waals surface area contributed by atoms with Crippen LogP contribution < -0.4 is 5.32 Å². The summed E-state index contributed by atoms with van der Waals surface area (Å²) in [6.07, 6.45) is 7.27. The number of rotatable bonds is 8. The molecule has 0 bridgehead atoms. The van der Waals surface area contributed by atoms with Gasteiger partial charge in [0.1, 0.15) is 5.15 Å². The highest BCUT2D eigenvalue weighted by atomic mass is 35.5. The van der Waals surface area contributed by atoms with Gasteiger partial charge < -0.3 is 15.3 Å². The quantitative estimate of drug-likeness (QED) is 0.489. The average molecular weight is 465 g/mol. The largest absolute Gasteiger partial charge is 0.387 e. The van der Waals surface area contributed by atoms with Crippen LogP contribution in [0.1, 0.15) is 52.9 Å². The summed E-state index contributed by atoms with van der Waals surface area (Å²) in [7, 11) is 0. The lowest BCUT2D eigenvalue weighted by atomic mass is 10.0. The molecular formula is C26H29ClN4O2. The van der Waals surface area contributed by atoms with Crippen LogP contribution in [0.5, 0.6) is 0 Å². The Morgan fingerprint density at radius 3 is 2.64 bits per heavy atom. The number of pyridine rings is 2. The lowest BCUT2D eigenvalue weighted by molar-refractivity contribution is 0.0752. The molecule has 0 unspecified atom stereocenters. The second kappa shape index (κ2) is 10.9. The van der Waals surface area contributed by atoms with Crippen LogP contribution in [0.25, 0.3) is 0 Å². The van der Waals surface area contributed by atoms with Gasteiger partial charge in [-0.3, -0.25) is 9.78 Å². The lowest BCUT2D eigenvalue weighted by Crippen LogP contribution is -2.35. The van der Waals surface area contributed by atoms with E-state index in [0.29, 0.717) is 23.8 Å². The number of nitrogens with zero attached hydrogens (tertiary/aromatic N) is 3. The van der Waals surface area contributed by atoms with Crippen molar-refractivity contribution < 1.29 is 9.90 Å². The van der Waals surface area contributed by atoms with E-state index >= 15 is 0 Å². The predicted octanol–water partition coefficient (Wildman–Crippen LogP) is 4.19. The normalized spacial score (nSPS) is 18.8. The first kappa shape index (κ1) is 23.4. The van der Waals surface area contributed by atoms with E-state index < -0.39 is 6.10 Å². The van der Waals surface area contributed by atoms with Crippen LogP contribution in [-0.4, -0.2) is 44.5 Å². The molecule has 1 aliphatic rings. The Morgan fingerprint density at radius 1 is 1.15 bits per heavy atom. The molecule has 4 rings (SSSR count). The van der Waals surface area contributed by atoms with Gasteiger partial charge in [0.25, 0.3) is 5.91 Å². The maximum atomic E-state index is 13.0. The van der Waals surface area contributed by atoms with Gasteiger partial charge in [-0.15, -0.1) is 0 Å². The highest BCUT2D eigenvalue weighted by Crippen LogP contribution is 2.27. The molecule has 2 N–H and O–H groups in total. The van der Waals surface area contributed by atoms with E-state index in [4.69, 9.17) is 11.6 Å². The third-order valence-electron chi connectivity index (χ3n) is 6.20. The van der Waals surface area contributed by atoms with Gasteiger partial charge in [0.05, 0.1) is 6.10 Å². The maximum absolute atomic E-state index is 13.0. The summed E-state index contributed by atoms with van der Waals surface area (Å²) in [5, 5.41) is 14.7. The van der Waals surface area contributed by atoms with Crippen molar-refractivity contribution in [1.82, 2.24) is 20.2 Å². The minimum Gasteiger partial charge on any atom is -0.387 e. The molecule has 172 valence electrons. The van der Waals surface area contributed by atoms with Crippen molar-refractivity contribution in [2.75, 3.05) is 6.54 Å². The summed E-state index contributed by atoms with van der Waals surface area (Å²) in [6, 6.07) is 15.5. The Bertz CT molecular complexity index is 1040. The molecule has 0 spiro atoms. The third-order valence-corrected chi connectivity index (χ3v) is 6.42. The van der Waals surface area contributed by atoms with E-state index in [1.807, 2.05) is 54.3 Å². The number of aromatic nitrogens is 2. The number of amides is 1. The fraction of sp³-hybridized carbons (Fsp3) is 0.346. The van der Waals surface area contributed by atoms with Gasteiger partial charge in [-0.1, -0.05) is 35.9 Å². The van der Waals surface area contributed by atoms with E-state index in [1.54, 1.807) is 24.7 Å². The van der Waals surface area contributed by atoms with Crippen molar-refractivity contribution in [1.29, 1.82) is 0 Å². The van der Waals surface area contributed by atoms with Crippen molar-refractivity contribution >= 4 is 17.5 Å². The van der Waals surface area contributed by atoms with Gasteiger partial charge in [0.15, 0.2) is 0 Å². The molecular weight excluding hydrogens is 436 g/mol. The molecule has 0 saturated carbocycles. The van der Waals surface area contributed by atoms with Crippen LogP contribution in [0.3, 0.4) is 0 Å². The van der Waals surface area contributed by atoms with Gasteiger partial charge in [0.2, 0.25) is 0 Å². The molecule has 2 aromatic heterocycles. The molecule has 6 nitrogen and oxygen atoms in total. The van der Waals surface area contributed by atoms with Crippen LogP contribution in [0.4, 0.5) is 0 Å². The fourth-order valence-corrected chi connectivity index (χ4v) is 4.46. The van der Waals surface area contributed by atoms with Crippen molar-refractivity contribution in [3.8, 4) is 0 Å². The van der Waals surface area contributed by atoms with Gasteiger partial charge in [-0.2, -0.15) is 0 Å². The monoisotopic (exact) mass is 464 g/mol. The minimum atomic E-state index is -0.611. The summed E-state index contributed by atoms with van der Waals surface area (Å²) in [5.74, 6) is 0.0201. The Kier molecular flexibility index (Phi) is 7.70. The molecule has 3 heterocycles. The SMILES string of the molecule is CCN(Cc1cccnc1)C(=O)c1ccc(C[C@@H]2CC[C@H]([C@H](O)c3ccc(Cl)nc3)N2)cc1. The minimum absolute atomic E-state index is 0.00980. The van der Waals surface area contributed by atoms with Crippen LogP contribution in [0, 0.1) is 0 Å². The summed E-state index contributed by atoms with van der Waals surface area (Å²) >= 11 is 5.85. The number of carbonyl (C=O) groups excluding carboxylic acids is 1. The molecule has 0 radical (unpaired) electrons. The molecule has 0 aliphatic carbocycles. The number of hydrogen-bond donors (Lipinski definition) is 2. The highest BCUT2D eigenvalue weighted by molar-refractivity contribution is 6.29. The zero-order valence-corrected chi connectivity index (χ0v) is 19.4. The topological polar surface area (TPSA) is 78.4 Å². The second-order valence-corrected chi connectivity index (χ2v) is 8.88. The van der Waals surface area contributed by atoms with E-state index in [-0.39, 0.29) is 18.0 Å². The first-order valence-electron chi connectivity index (χ1n) is 11.4. The van der Waals surface area contributed by atoms with Crippen LogP contribution >= 0.6 is 11.6 Å². The highest BCUT2D eigenvalue weighted by Gasteiger charge is 2.30. The van der Waals surface area contributed by atoms with Crippen LogP contribution in [-0.2, 0) is 13.0 Å². The number of aliphatic hydroxyl groups is 1. The molecule has 1 aromatic carbocycles. The van der Waals surface area contributed by atoms with Gasteiger partial charge in [-0.05, 0) is 61.6 Å². The molecule has 33 heavy (non-hydrogen) atoms. The molecule has 3 atom stereocenters. The van der Waals surface area contributed by atoms with E-state index in [2.05, 4.69) is 15.3 Å². The van der Waals surface area contributed by atoms with Crippen LogP contribution in [0.15, 0.2) is 67.1 Å². The van der Waals surface area contributed by atoms with Crippen molar-refractivity contribution in [2.24, 2.45) is 0 Å². The molecule has 1 saturated heterocycles. The van der Waals surface area contributed by atoms with E-state index in [1.165, 1.54) is 5.56 Å². The van der Waals surface area contributed by atoms with E-state index in [9.17, 15) is 9.90 Å². The number of halogens is 1. The molecule has 7 heteroatoms. The Hall–Kier alpha value is -2.80. The Balaban J connectivity index is 1.33. The van der Waals surface area contributed by atoms with Crippen LogP contribution in [0.2, 0.25) is 5.15 Å². The number of aliphatic hydroxyl groups excluding tert-OH is 1. The van der Waals surface area contributed by atoms with Gasteiger partial charge >= 0.3 is 0 Å². The number of benzene rings is 1. The summed E-state index contributed by atoms with van der Waals surface area (Å²) in [5.41, 5.74) is 3.64. The molecule has 1 aliphatic heterocycles. The number of hydrogen-bond acceptors (Lipinski definition) is 5. The predicted molar refractivity (Wildman–Crippen MR) is 129 cm³/mol. The first-order chi connectivity index (χ1) is 16.0. The van der Waals surface area contributed by atoms with Crippen molar-refractivity contribution in [3.05, 3.63) is 94.5 Å². The third kappa shape index (κ3) is 5.96. The molecule has 3 aromatic rings. The smallest absolute Gasteiger partial charge is 0.254 e. The zero-order chi connectivity index (χ0) is 23.2. The summed E-state index contributed by atoms with van der Waals surface area (Å²) in [4.78, 5) is 23.0. The van der Waals surface area contributed by atoms with Crippen molar-refractivity contribution in [3.63, 3.8) is 0 Å². The number of nitrogens with one attached hydrogen (secondary N) is 1. The van der Waals surface area contributed by atoms with Gasteiger partial charge in [0, 0.05) is 54.9 Å². The van der Waals surface area contributed by atoms with E-state index in [0.717, 1.165) is 30.4 Å². The standard InChI is InChI=1S/C26H29ClN4O2/c1-2-31(17-19-4-3-13-28-15-19)26(33)20-7-5-18(6-8-20)14-22-10-11-23(30-22)25(32)21-9-12-24(27)29-16-21/h3-9,12-13,15-16,22-23,25,30,32H,2,10-11,14,17H2,1H3/t22-,23+,25+/m0/s1. The summed E-state index contributed by atoms with van der Waals surface area (Å²) < 4.78 is 0. The first-order valence-corrected chi connectivity index (χ1v) is 11.7. The fourth-order valence-electron chi connectivity index (χ4n) is 4.34. The Labute approximate surface area is 199 Å². The zero-order valence-electron chi connectivity index (χ0n) is 18.7. The molecule has 1 amide bonds. The lowest BCUT2D eigenvalue weighted by Gasteiger charge is -2.21. The van der Waals surface area contributed by atoms with Crippen molar-refractivity contribution in [2.45, 2.75) is 50.9 Å². The summed E-state index contributed by atoms with van der Waals surface area (Å²) in [6.45, 7) is 3.16. The van der Waals surface area contributed by atoms with Gasteiger partial charge in [-0.25, -0.2) is 4.98 Å². The molecule has 1 fully saturated rings.